The molecule has 0 aliphatic carbocycles. The summed E-state index contributed by atoms with van der Waals surface area (Å²) in [6.07, 6.45) is 50.1. The molecule has 0 aliphatic rings. The molecule has 17 nitrogen and oxygen atoms in total. The fourth-order valence-corrected chi connectivity index (χ4v) is 12.5. The summed E-state index contributed by atoms with van der Waals surface area (Å²) in [5.41, 5.74) is 0. The number of hydrogen-bond donors (Lipinski definition) is 3. The highest BCUT2D eigenvalue weighted by molar-refractivity contribution is 7.47. The second kappa shape index (κ2) is 64.1. The van der Waals surface area contributed by atoms with Crippen molar-refractivity contribution in [3.8, 4) is 0 Å². The van der Waals surface area contributed by atoms with Crippen LogP contribution in [0.2, 0.25) is 0 Å². The maximum absolute atomic E-state index is 13.0. The first kappa shape index (κ1) is 89.1. The number of rotatable bonds is 71. The van der Waals surface area contributed by atoms with E-state index in [0.29, 0.717) is 25.7 Å². The SMILES string of the molecule is CCCCCCCCCCCCCCCCCCCCCC(=O)O[C@H](COC(=O)CCCCCCCCCCCCC(C)C)COP(=O)(O)OC[C@@H](O)COP(=O)(O)OC[C@@H](COC(=O)CCCCCCCCC)OC(=O)CCCCCCCCCCC(C)CC. The molecular weight excluding hydrogens is 1200 g/mol. The molecule has 19 heteroatoms. The van der Waals surface area contributed by atoms with Gasteiger partial charge >= 0.3 is 39.5 Å². The number of aliphatic hydroxyl groups is 1. The van der Waals surface area contributed by atoms with Gasteiger partial charge < -0.3 is 33.8 Å². The minimum atomic E-state index is -4.95. The highest BCUT2D eigenvalue weighted by Gasteiger charge is 2.30. The van der Waals surface area contributed by atoms with E-state index < -0.39 is 97.5 Å². The van der Waals surface area contributed by atoms with Gasteiger partial charge in [0.25, 0.3) is 0 Å². The smallest absolute Gasteiger partial charge is 0.462 e. The van der Waals surface area contributed by atoms with E-state index in [0.717, 1.165) is 115 Å². The van der Waals surface area contributed by atoms with Crippen molar-refractivity contribution in [1.29, 1.82) is 0 Å². The van der Waals surface area contributed by atoms with E-state index in [9.17, 15) is 43.2 Å². The van der Waals surface area contributed by atoms with Crippen molar-refractivity contribution >= 4 is 39.5 Å². The number of unbranched alkanes of at least 4 members (excludes halogenated alkanes) is 40. The third-order valence-electron chi connectivity index (χ3n) is 17.1. The fourth-order valence-electron chi connectivity index (χ4n) is 10.9. The van der Waals surface area contributed by atoms with Gasteiger partial charge in [0.2, 0.25) is 0 Å². The molecule has 0 amide bonds. The van der Waals surface area contributed by atoms with Gasteiger partial charge in [-0.2, -0.15) is 0 Å². The Hall–Kier alpha value is -1.94. The molecule has 3 N–H and O–H groups in total. The van der Waals surface area contributed by atoms with Crippen molar-refractivity contribution in [2.45, 2.75) is 387 Å². The molecule has 0 aromatic carbocycles. The number of carbonyl (C=O) groups is 4. The van der Waals surface area contributed by atoms with Crippen molar-refractivity contribution in [3.63, 3.8) is 0 Å². The van der Waals surface area contributed by atoms with Gasteiger partial charge in [-0.25, -0.2) is 9.13 Å². The number of aliphatic hydroxyl groups excluding tert-OH is 1. The first-order valence-corrected chi connectivity index (χ1v) is 40.5. The predicted molar refractivity (Wildman–Crippen MR) is 368 cm³/mol. The van der Waals surface area contributed by atoms with Crippen molar-refractivity contribution in [2.75, 3.05) is 39.6 Å². The Balaban J connectivity index is 5.19. The van der Waals surface area contributed by atoms with Gasteiger partial charge in [0, 0.05) is 25.7 Å². The third kappa shape index (κ3) is 65.1. The molecular formula is C72H140O17P2. The van der Waals surface area contributed by atoms with E-state index in [1.54, 1.807) is 0 Å². The van der Waals surface area contributed by atoms with E-state index in [2.05, 4.69) is 41.5 Å². The average Bonchev–Trinajstić information content (AvgIpc) is 3.63. The first-order chi connectivity index (χ1) is 43.9. The van der Waals surface area contributed by atoms with Crippen LogP contribution in [0.5, 0.6) is 0 Å². The first-order valence-electron chi connectivity index (χ1n) is 37.5. The van der Waals surface area contributed by atoms with Gasteiger partial charge in [0.15, 0.2) is 12.2 Å². The Labute approximate surface area is 556 Å². The van der Waals surface area contributed by atoms with Crippen LogP contribution >= 0.6 is 15.6 Å². The largest absolute Gasteiger partial charge is 0.472 e. The second-order valence-corrected chi connectivity index (χ2v) is 29.6. The van der Waals surface area contributed by atoms with Crippen LogP contribution in [0.25, 0.3) is 0 Å². The molecule has 0 rings (SSSR count). The van der Waals surface area contributed by atoms with E-state index in [4.69, 9.17) is 37.0 Å². The van der Waals surface area contributed by atoms with Crippen LogP contribution in [0.1, 0.15) is 369 Å². The van der Waals surface area contributed by atoms with Gasteiger partial charge in [0.05, 0.1) is 26.4 Å². The normalized spacial score (nSPS) is 14.4. The third-order valence-corrected chi connectivity index (χ3v) is 19.0. The Morgan fingerprint density at radius 3 is 0.835 bits per heavy atom. The summed E-state index contributed by atoms with van der Waals surface area (Å²) in [5, 5.41) is 10.6. The number of carbonyl (C=O) groups excluding carboxylic acids is 4. The van der Waals surface area contributed by atoms with Crippen LogP contribution in [-0.4, -0.2) is 96.7 Å². The molecule has 0 saturated carbocycles. The van der Waals surface area contributed by atoms with Gasteiger partial charge in [0.1, 0.15) is 19.3 Å². The number of hydrogen-bond acceptors (Lipinski definition) is 15. The number of phosphoric ester groups is 2. The molecule has 0 heterocycles. The summed E-state index contributed by atoms with van der Waals surface area (Å²) >= 11 is 0. The Morgan fingerprint density at radius 1 is 0.319 bits per heavy atom. The van der Waals surface area contributed by atoms with Crippen molar-refractivity contribution in [3.05, 3.63) is 0 Å². The Morgan fingerprint density at radius 2 is 0.560 bits per heavy atom. The van der Waals surface area contributed by atoms with Crippen LogP contribution in [-0.2, 0) is 65.4 Å². The lowest BCUT2D eigenvalue weighted by Crippen LogP contribution is -2.30. The lowest BCUT2D eigenvalue weighted by Gasteiger charge is -2.21. The zero-order chi connectivity index (χ0) is 67.2. The molecule has 0 radical (unpaired) electrons. The maximum Gasteiger partial charge on any atom is 0.472 e. The maximum atomic E-state index is 13.0. The van der Waals surface area contributed by atoms with Crippen LogP contribution in [0.3, 0.4) is 0 Å². The standard InChI is InChI=1S/C72H140O17P2/c1-7-10-12-14-16-17-18-19-20-21-22-23-24-25-26-31-38-44-50-56-71(76)88-68(61-83-70(75)55-49-43-37-30-28-27-29-35-40-46-52-64(4)5)63-87-91(80,81)85-59-66(73)58-84-90(78,79)86-62-67(60-82-69(74)54-48-42-34-15-13-11-8-2)89-72(77)57-51-45-39-33-32-36-41-47-53-65(6)9-3/h64-68,73H,7-63H2,1-6H3,(H,78,79)(H,80,81)/t65?,66-,67+,68+/m0/s1. The second-order valence-electron chi connectivity index (χ2n) is 26.7. The number of ether oxygens (including phenoxy) is 4. The molecule has 0 spiro atoms. The fraction of sp³-hybridized carbons (Fsp3) is 0.944. The highest BCUT2D eigenvalue weighted by atomic mass is 31.2. The Bertz CT molecular complexity index is 1770. The lowest BCUT2D eigenvalue weighted by molar-refractivity contribution is -0.161. The van der Waals surface area contributed by atoms with Crippen LogP contribution in [0, 0.1) is 11.8 Å². The summed E-state index contributed by atoms with van der Waals surface area (Å²) < 4.78 is 68.3. The molecule has 540 valence electrons. The van der Waals surface area contributed by atoms with Gasteiger partial charge in [-0.1, -0.05) is 318 Å². The molecule has 3 unspecified atom stereocenters. The molecule has 0 aromatic rings. The minimum absolute atomic E-state index is 0.105. The molecule has 0 saturated heterocycles. The zero-order valence-corrected chi connectivity index (χ0v) is 60.9. The van der Waals surface area contributed by atoms with E-state index >= 15 is 0 Å². The predicted octanol–water partition coefficient (Wildman–Crippen LogP) is 20.8. The summed E-state index contributed by atoms with van der Waals surface area (Å²) in [5.74, 6) is -0.599. The van der Waals surface area contributed by atoms with E-state index in [1.165, 1.54) is 173 Å². The monoisotopic (exact) mass is 1340 g/mol. The summed E-state index contributed by atoms with van der Waals surface area (Å²) in [6, 6.07) is 0. The van der Waals surface area contributed by atoms with Crippen molar-refractivity contribution in [2.24, 2.45) is 11.8 Å². The quantitative estimate of drug-likeness (QED) is 0.0222. The topological polar surface area (TPSA) is 237 Å². The minimum Gasteiger partial charge on any atom is -0.462 e. The van der Waals surface area contributed by atoms with E-state index in [-0.39, 0.29) is 25.7 Å². The van der Waals surface area contributed by atoms with Gasteiger partial charge in [-0.15, -0.1) is 0 Å². The summed E-state index contributed by atoms with van der Waals surface area (Å²) in [6.45, 7) is 9.51. The molecule has 0 aliphatic heterocycles. The molecule has 91 heavy (non-hydrogen) atoms. The van der Waals surface area contributed by atoms with Crippen LogP contribution in [0.15, 0.2) is 0 Å². The molecule has 0 bridgehead atoms. The zero-order valence-electron chi connectivity index (χ0n) is 59.1. The molecule has 0 fully saturated rings. The molecule has 6 atom stereocenters. The molecule has 0 aromatic heterocycles. The van der Waals surface area contributed by atoms with Gasteiger partial charge in [-0.05, 0) is 37.5 Å². The van der Waals surface area contributed by atoms with Gasteiger partial charge in [-0.3, -0.25) is 37.3 Å². The van der Waals surface area contributed by atoms with Crippen LogP contribution < -0.4 is 0 Å². The number of phosphoric acid groups is 2. The summed E-state index contributed by atoms with van der Waals surface area (Å²) in [7, 11) is -9.90. The highest BCUT2D eigenvalue weighted by Crippen LogP contribution is 2.45. The summed E-state index contributed by atoms with van der Waals surface area (Å²) in [4.78, 5) is 72.5. The Kier molecular flexibility index (Phi) is 62.7. The van der Waals surface area contributed by atoms with Crippen molar-refractivity contribution < 1.29 is 80.2 Å². The van der Waals surface area contributed by atoms with Crippen LogP contribution in [0.4, 0.5) is 0 Å². The lowest BCUT2D eigenvalue weighted by atomic mass is 9.99. The van der Waals surface area contributed by atoms with E-state index in [1.807, 2.05) is 0 Å². The number of esters is 4. The average molecular weight is 1340 g/mol. The van der Waals surface area contributed by atoms with Crippen molar-refractivity contribution in [1.82, 2.24) is 0 Å².